The molecule has 2 N–H and O–H groups in total. The molecule has 0 saturated heterocycles. The Labute approximate surface area is 229 Å². The van der Waals surface area contributed by atoms with Crippen molar-refractivity contribution < 1.29 is 4.79 Å². The standard InChI is InChI=1S/C35H22N4O/c40-35-26-13-7-12-25-27-18-19-29(38-27)31(21-8-3-1-4-9-21)28-16-14-23(36-28)20-24-15-17-30(37-24)32(34(35)39-33(25)26)22-10-5-2-6-11-22/h1-20,36-37H. The Morgan fingerprint density at radius 3 is 1.88 bits per heavy atom. The molecule has 3 aromatic heterocycles. The van der Waals surface area contributed by atoms with Crippen LogP contribution in [0, 0.1) is 0 Å². The molecule has 40 heavy (non-hydrogen) atoms. The second-order valence-corrected chi connectivity index (χ2v) is 9.99. The molecular weight excluding hydrogens is 492 g/mol. The van der Waals surface area contributed by atoms with Gasteiger partial charge < -0.3 is 9.97 Å². The van der Waals surface area contributed by atoms with Crippen LogP contribution in [0.5, 0.6) is 0 Å². The lowest BCUT2D eigenvalue weighted by Gasteiger charge is -2.04. The lowest BCUT2D eigenvalue weighted by molar-refractivity contribution is 0.104. The number of hydrogen-bond acceptors (Lipinski definition) is 3. The summed E-state index contributed by atoms with van der Waals surface area (Å²) in [5.41, 5.74) is 10.8. The lowest BCUT2D eigenvalue weighted by atomic mass is 9.99. The van der Waals surface area contributed by atoms with Gasteiger partial charge in [-0.15, -0.1) is 0 Å². The number of rotatable bonds is 2. The summed E-state index contributed by atoms with van der Waals surface area (Å²) in [5, 5.41) is 0.840. The highest BCUT2D eigenvalue weighted by atomic mass is 16.1. The van der Waals surface area contributed by atoms with Crippen LogP contribution in [0.4, 0.5) is 0 Å². The predicted octanol–water partition coefficient (Wildman–Crippen LogP) is 8.20. The maximum Gasteiger partial charge on any atom is 0.214 e. The van der Waals surface area contributed by atoms with E-state index in [2.05, 4.69) is 40.3 Å². The van der Waals surface area contributed by atoms with E-state index in [-0.39, 0.29) is 5.78 Å². The fourth-order valence-electron chi connectivity index (χ4n) is 5.69. The molecule has 6 aromatic rings. The van der Waals surface area contributed by atoms with E-state index in [0.717, 1.165) is 61.1 Å². The van der Waals surface area contributed by atoms with Crippen LogP contribution in [0.15, 0.2) is 109 Å². The van der Waals surface area contributed by atoms with Gasteiger partial charge in [0, 0.05) is 38.6 Å². The van der Waals surface area contributed by atoms with Gasteiger partial charge in [0.15, 0.2) is 0 Å². The number of nitrogens with zero attached hydrogens (tertiary/aromatic N) is 2. The number of para-hydroxylation sites is 1. The number of carbonyl (C=O) groups is 1. The zero-order valence-corrected chi connectivity index (χ0v) is 21.3. The van der Waals surface area contributed by atoms with Crippen molar-refractivity contribution in [3.05, 3.63) is 132 Å². The molecule has 0 radical (unpaired) electrons. The van der Waals surface area contributed by atoms with Crippen LogP contribution in [0.3, 0.4) is 0 Å². The van der Waals surface area contributed by atoms with E-state index in [4.69, 9.17) is 9.97 Å². The van der Waals surface area contributed by atoms with Crippen molar-refractivity contribution in [3.8, 4) is 22.3 Å². The number of carbonyl (C=O) groups excluding carboxylic acids is 1. The van der Waals surface area contributed by atoms with E-state index in [1.807, 2.05) is 91.0 Å². The Morgan fingerprint density at radius 2 is 1.18 bits per heavy atom. The molecular formula is C35H22N4O. The number of benzene rings is 3. The Bertz CT molecular complexity index is 2170. The van der Waals surface area contributed by atoms with Crippen LogP contribution in [0.1, 0.15) is 27.4 Å². The third-order valence-corrected chi connectivity index (χ3v) is 7.52. The second kappa shape index (κ2) is 8.75. The lowest BCUT2D eigenvalue weighted by Crippen LogP contribution is -1.99. The van der Waals surface area contributed by atoms with Gasteiger partial charge >= 0.3 is 0 Å². The van der Waals surface area contributed by atoms with Gasteiger partial charge in [0.05, 0.1) is 22.5 Å². The summed E-state index contributed by atoms with van der Waals surface area (Å²) >= 11 is 0. The number of hydrogen-bond donors (Lipinski definition) is 2. The van der Waals surface area contributed by atoms with Gasteiger partial charge in [0.25, 0.3) is 0 Å². The molecule has 0 saturated carbocycles. The van der Waals surface area contributed by atoms with Crippen molar-refractivity contribution in [2.24, 2.45) is 0 Å². The summed E-state index contributed by atoms with van der Waals surface area (Å²) in [5.74, 6) is -0.0861. The van der Waals surface area contributed by atoms with Gasteiger partial charge in [-0.3, -0.25) is 4.79 Å². The zero-order chi connectivity index (χ0) is 26.6. The Morgan fingerprint density at radius 1 is 0.550 bits per heavy atom. The highest BCUT2D eigenvalue weighted by Gasteiger charge is 2.26. The van der Waals surface area contributed by atoms with Crippen LogP contribution in [-0.2, 0) is 0 Å². The van der Waals surface area contributed by atoms with Crippen molar-refractivity contribution in [2.75, 3.05) is 0 Å². The molecule has 5 heterocycles. The van der Waals surface area contributed by atoms with Crippen LogP contribution < -0.4 is 0 Å². The highest BCUT2D eigenvalue weighted by molar-refractivity contribution is 6.22. The van der Waals surface area contributed by atoms with E-state index in [0.29, 0.717) is 16.8 Å². The van der Waals surface area contributed by atoms with Gasteiger partial charge in [-0.05, 0) is 59.7 Å². The maximum atomic E-state index is 13.9. The maximum absolute atomic E-state index is 13.9. The summed E-state index contributed by atoms with van der Waals surface area (Å²) in [6.07, 6.45) is 4.05. The summed E-state index contributed by atoms with van der Waals surface area (Å²) in [4.78, 5) is 31.1. The monoisotopic (exact) mass is 514 g/mol. The number of ketones is 1. The molecule has 188 valence electrons. The number of H-pyrrole nitrogens is 2. The summed E-state index contributed by atoms with van der Waals surface area (Å²) in [7, 11) is 0. The Kier molecular flexibility index (Phi) is 4.91. The smallest absolute Gasteiger partial charge is 0.214 e. The largest absolute Gasteiger partial charge is 0.355 e. The molecule has 0 unspecified atom stereocenters. The van der Waals surface area contributed by atoms with E-state index >= 15 is 0 Å². The number of fused-ring (bicyclic) bond motifs is 8. The zero-order valence-electron chi connectivity index (χ0n) is 21.3. The van der Waals surface area contributed by atoms with Crippen LogP contribution >= 0.6 is 0 Å². The number of aromatic amines is 2. The molecule has 0 amide bonds. The number of nitrogens with one attached hydrogen (secondary N) is 2. The molecule has 5 heteroatoms. The van der Waals surface area contributed by atoms with Crippen molar-refractivity contribution in [3.63, 3.8) is 0 Å². The summed E-state index contributed by atoms with van der Waals surface area (Å²) in [6, 6.07) is 36.3. The minimum absolute atomic E-state index is 0.0861. The van der Waals surface area contributed by atoms with Gasteiger partial charge in [0.1, 0.15) is 5.69 Å². The molecule has 8 bridgehead atoms. The Balaban J connectivity index is 1.57. The normalized spacial score (nSPS) is 12.4. The number of aromatic nitrogens is 4. The molecule has 2 aliphatic rings. The first kappa shape index (κ1) is 22.4. The van der Waals surface area contributed by atoms with Crippen molar-refractivity contribution in [2.45, 2.75) is 0 Å². The average Bonchev–Trinajstić information content (AvgIpc) is 3.80. The molecule has 0 spiro atoms. The van der Waals surface area contributed by atoms with E-state index in [1.165, 1.54) is 0 Å². The molecule has 0 fully saturated rings. The third kappa shape index (κ3) is 3.52. The molecule has 2 aliphatic heterocycles. The van der Waals surface area contributed by atoms with Gasteiger partial charge in [-0.1, -0.05) is 72.8 Å². The quantitative estimate of drug-likeness (QED) is 0.244. The summed E-state index contributed by atoms with van der Waals surface area (Å²) in [6.45, 7) is 0. The fraction of sp³-hybridized carbons (Fsp3) is 0. The van der Waals surface area contributed by atoms with Crippen molar-refractivity contribution >= 4 is 50.9 Å². The SMILES string of the molecule is O=C1c2nc3c1cccc3c1nc(c(-c3ccccc3)c3ccc(cc4ccc([nH]4)c2-c2ccccc2)[nH]3)C=C1. The van der Waals surface area contributed by atoms with Gasteiger partial charge in [0.2, 0.25) is 5.78 Å². The predicted molar refractivity (Wildman–Crippen MR) is 162 cm³/mol. The molecule has 8 rings (SSSR count). The highest BCUT2D eigenvalue weighted by Crippen LogP contribution is 2.35. The van der Waals surface area contributed by atoms with Crippen molar-refractivity contribution in [1.82, 2.24) is 19.9 Å². The van der Waals surface area contributed by atoms with E-state index < -0.39 is 0 Å². The minimum atomic E-state index is -0.0861. The molecule has 3 aromatic carbocycles. The topological polar surface area (TPSA) is 74.4 Å². The average molecular weight is 515 g/mol. The second-order valence-electron chi connectivity index (χ2n) is 9.99. The molecule has 0 atom stereocenters. The van der Waals surface area contributed by atoms with Crippen molar-refractivity contribution in [1.29, 1.82) is 0 Å². The fourth-order valence-corrected chi connectivity index (χ4v) is 5.69. The van der Waals surface area contributed by atoms with E-state index in [1.54, 1.807) is 0 Å². The van der Waals surface area contributed by atoms with E-state index in [9.17, 15) is 4.79 Å². The van der Waals surface area contributed by atoms with Crippen LogP contribution in [0.25, 0.3) is 67.4 Å². The molecule has 0 aliphatic carbocycles. The van der Waals surface area contributed by atoms with Gasteiger partial charge in [-0.25, -0.2) is 9.97 Å². The first-order chi connectivity index (χ1) is 19.7. The molecule has 5 nitrogen and oxygen atoms in total. The Hall–Kier alpha value is -5.55. The van der Waals surface area contributed by atoms with Crippen LogP contribution in [0.2, 0.25) is 0 Å². The first-order valence-electron chi connectivity index (χ1n) is 13.2. The summed E-state index contributed by atoms with van der Waals surface area (Å²) < 4.78 is 0. The third-order valence-electron chi connectivity index (χ3n) is 7.52. The minimum Gasteiger partial charge on any atom is -0.355 e. The first-order valence-corrected chi connectivity index (χ1v) is 13.2. The van der Waals surface area contributed by atoms with Crippen LogP contribution in [-0.4, -0.2) is 25.7 Å². The van der Waals surface area contributed by atoms with Gasteiger partial charge in [-0.2, -0.15) is 0 Å².